The van der Waals surface area contributed by atoms with Crippen LogP contribution in [0.25, 0.3) is 0 Å². The van der Waals surface area contributed by atoms with Crippen molar-refractivity contribution in [2.24, 2.45) is 0 Å². The molecule has 0 atom stereocenters. The fraction of sp³-hybridized carbons (Fsp3) is 0.333. The monoisotopic (exact) mass is 332 g/mol. The van der Waals surface area contributed by atoms with Crippen molar-refractivity contribution >= 4 is 5.91 Å². The van der Waals surface area contributed by atoms with Crippen molar-refractivity contribution in [1.82, 2.24) is 10.3 Å². The lowest BCUT2D eigenvalue weighted by atomic mass is 10.3. The number of amides is 1. The summed E-state index contributed by atoms with van der Waals surface area (Å²) in [6, 6.07) is 9.32. The maximum absolute atomic E-state index is 13.1. The van der Waals surface area contributed by atoms with E-state index in [1.165, 1.54) is 12.1 Å². The second-order valence-corrected chi connectivity index (χ2v) is 5.51. The molecule has 1 aromatic carbocycles. The van der Waals surface area contributed by atoms with Crippen LogP contribution in [0.2, 0.25) is 0 Å². The molecule has 2 rings (SSSR count). The first-order valence-corrected chi connectivity index (χ1v) is 7.79. The molecule has 1 heterocycles. The topological polar surface area (TPSA) is 60.5 Å². The second-order valence-electron chi connectivity index (χ2n) is 5.51. The summed E-state index contributed by atoms with van der Waals surface area (Å²) in [6.07, 6.45) is 2.05. The number of ether oxygens (including phenoxy) is 2. The Bertz CT molecular complexity index is 660. The molecule has 24 heavy (non-hydrogen) atoms. The van der Waals surface area contributed by atoms with E-state index in [9.17, 15) is 9.18 Å². The van der Waals surface area contributed by atoms with Crippen LogP contribution in [-0.2, 0) is 16.1 Å². The molecule has 128 valence electrons. The first kappa shape index (κ1) is 17.9. The Morgan fingerprint density at radius 1 is 1.29 bits per heavy atom. The average Bonchev–Trinajstić information content (AvgIpc) is 2.54. The van der Waals surface area contributed by atoms with Gasteiger partial charge in [-0.1, -0.05) is 12.1 Å². The van der Waals surface area contributed by atoms with Crippen molar-refractivity contribution in [3.8, 4) is 11.6 Å². The normalized spacial score (nSPS) is 10.7. The highest BCUT2D eigenvalue weighted by Crippen LogP contribution is 2.19. The second kappa shape index (κ2) is 8.98. The number of halogens is 1. The van der Waals surface area contributed by atoms with E-state index in [0.29, 0.717) is 31.2 Å². The highest BCUT2D eigenvalue weighted by Gasteiger charge is 2.04. The zero-order valence-electron chi connectivity index (χ0n) is 13.8. The third kappa shape index (κ3) is 6.34. The minimum atomic E-state index is -0.367. The fourth-order valence-corrected chi connectivity index (χ4v) is 1.90. The highest BCUT2D eigenvalue weighted by atomic mass is 19.1. The summed E-state index contributed by atoms with van der Waals surface area (Å²) in [5.41, 5.74) is 0.847. The zero-order chi connectivity index (χ0) is 17.4. The van der Waals surface area contributed by atoms with E-state index in [4.69, 9.17) is 9.47 Å². The van der Waals surface area contributed by atoms with Crippen LogP contribution in [0.5, 0.6) is 11.6 Å². The number of hydrogen-bond acceptors (Lipinski definition) is 4. The molecular weight excluding hydrogens is 311 g/mol. The van der Waals surface area contributed by atoms with E-state index < -0.39 is 0 Å². The first-order valence-electron chi connectivity index (χ1n) is 7.79. The van der Waals surface area contributed by atoms with Crippen molar-refractivity contribution in [3.63, 3.8) is 0 Å². The lowest BCUT2D eigenvalue weighted by Crippen LogP contribution is -2.24. The molecule has 0 aliphatic rings. The van der Waals surface area contributed by atoms with Crippen LogP contribution in [0.4, 0.5) is 4.39 Å². The van der Waals surface area contributed by atoms with Gasteiger partial charge in [0.1, 0.15) is 11.6 Å². The maximum Gasteiger partial charge on any atom is 0.222 e. The molecule has 1 amide bonds. The van der Waals surface area contributed by atoms with Crippen LogP contribution in [-0.4, -0.2) is 23.6 Å². The Labute approximate surface area is 140 Å². The lowest BCUT2D eigenvalue weighted by Gasteiger charge is -2.09. The standard InChI is InChI=1S/C18H21FN2O3/c1-13(2)23-9-8-17(22)20-11-14-6-7-18(21-12-14)24-16-5-3-4-15(19)10-16/h3-7,10,12-13H,8-9,11H2,1-2H3,(H,20,22). The number of nitrogens with one attached hydrogen (secondary N) is 1. The molecule has 0 spiro atoms. The SMILES string of the molecule is CC(C)OCCC(=O)NCc1ccc(Oc2cccc(F)c2)nc1. The quantitative estimate of drug-likeness (QED) is 0.804. The predicted molar refractivity (Wildman–Crippen MR) is 88.3 cm³/mol. The largest absolute Gasteiger partial charge is 0.439 e. The third-order valence-corrected chi connectivity index (χ3v) is 3.09. The van der Waals surface area contributed by atoms with E-state index in [0.717, 1.165) is 5.56 Å². The molecule has 0 saturated carbocycles. The summed E-state index contributed by atoms with van der Waals surface area (Å²) in [5, 5.41) is 2.80. The van der Waals surface area contributed by atoms with Crippen LogP contribution >= 0.6 is 0 Å². The molecule has 1 N–H and O–H groups in total. The summed E-state index contributed by atoms with van der Waals surface area (Å²) in [5.74, 6) is 0.304. The molecule has 0 saturated heterocycles. The van der Waals surface area contributed by atoms with Crippen molar-refractivity contribution in [2.75, 3.05) is 6.61 Å². The first-order chi connectivity index (χ1) is 11.5. The van der Waals surface area contributed by atoms with Crippen molar-refractivity contribution in [1.29, 1.82) is 0 Å². The van der Waals surface area contributed by atoms with Gasteiger partial charge in [-0.3, -0.25) is 4.79 Å². The van der Waals surface area contributed by atoms with E-state index in [1.54, 1.807) is 30.5 Å². The molecule has 0 bridgehead atoms. The van der Waals surface area contributed by atoms with Gasteiger partial charge in [-0.25, -0.2) is 9.37 Å². The molecule has 0 radical (unpaired) electrons. The Morgan fingerprint density at radius 2 is 2.12 bits per heavy atom. The molecule has 0 fully saturated rings. The molecule has 6 heteroatoms. The Morgan fingerprint density at radius 3 is 2.79 bits per heavy atom. The number of rotatable bonds is 8. The van der Waals surface area contributed by atoms with Gasteiger partial charge in [0, 0.05) is 31.3 Å². The van der Waals surface area contributed by atoms with E-state index in [2.05, 4.69) is 10.3 Å². The maximum atomic E-state index is 13.1. The molecule has 0 aliphatic carbocycles. The van der Waals surface area contributed by atoms with Gasteiger partial charge < -0.3 is 14.8 Å². The van der Waals surface area contributed by atoms with Crippen LogP contribution in [0.3, 0.4) is 0 Å². The van der Waals surface area contributed by atoms with E-state index in [1.807, 2.05) is 13.8 Å². The number of carbonyl (C=O) groups is 1. The average molecular weight is 332 g/mol. The highest BCUT2D eigenvalue weighted by molar-refractivity contribution is 5.75. The van der Waals surface area contributed by atoms with Crippen molar-refractivity contribution in [2.45, 2.75) is 32.9 Å². The smallest absolute Gasteiger partial charge is 0.222 e. The van der Waals surface area contributed by atoms with Crippen LogP contribution < -0.4 is 10.1 Å². The van der Waals surface area contributed by atoms with Gasteiger partial charge >= 0.3 is 0 Å². The molecule has 5 nitrogen and oxygen atoms in total. The van der Waals surface area contributed by atoms with Gasteiger partial charge in [-0.2, -0.15) is 0 Å². The van der Waals surface area contributed by atoms with Crippen molar-refractivity contribution in [3.05, 3.63) is 54.0 Å². The zero-order valence-corrected chi connectivity index (χ0v) is 13.8. The van der Waals surface area contributed by atoms with Gasteiger partial charge in [0.2, 0.25) is 11.8 Å². The number of carbonyl (C=O) groups excluding carboxylic acids is 1. The lowest BCUT2D eigenvalue weighted by molar-refractivity contribution is -0.122. The molecular formula is C18H21FN2O3. The van der Waals surface area contributed by atoms with Gasteiger partial charge in [-0.05, 0) is 31.5 Å². The Balaban J connectivity index is 1.78. The van der Waals surface area contributed by atoms with E-state index >= 15 is 0 Å². The Kier molecular flexibility index (Phi) is 6.69. The van der Waals surface area contributed by atoms with Crippen LogP contribution in [0, 0.1) is 5.82 Å². The minimum Gasteiger partial charge on any atom is -0.439 e. The minimum absolute atomic E-state index is 0.0734. The number of nitrogens with zero attached hydrogens (tertiary/aromatic N) is 1. The summed E-state index contributed by atoms with van der Waals surface area (Å²) in [4.78, 5) is 15.8. The van der Waals surface area contributed by atoms with E-state index in [-0.39, 0.29) is 17.8 Å². The molecule has 1 aromatic heterocycles. The summed E-state index contributed by atoms with van der Waals surface area (Å²) >= 11 is 0. The third-order valence-electron chi connectivity index (χ3n) is 3.09. The van der Waals surface area contributed by atoms with Gasteiger partial charge in [0.25, 0.3) is 0 Å². The summed E-state index contributed by atoms with van der Waals surface area (Å²) in [6.45, 7) is 4.64. The summed E-state index contributed by atoms with van der Waals surface area (Å²) < 4.78 is 23.9. The fourth-order valence-electron chi connectivity index (χ4n) is 1.90. The predicted octanol–water partition coefficient (Wildman–Crippen LogP) is 3.44. The van der Waals surface area contributed by atoms with Gasteiger partial charge in [-0.15, -0.1) is 0 Å². The number of aromatic nitrogens is 1. The van der Waals surface area contributed by atoms with Gasteiger partial charge in [0.05, 0.1) is 12.7 Å². The number of benzene rings is 1. The molecule has 2 aromatic rings. The van der Waals surface area contributed by atoms with Gasteiger partial charge in [0.15, 0.2) is 0 Å². The Hall–Kier alpha value is -2.47. The molecule has 0 unspecified atom stereocenters. The number of hydrogen-bond donors (Lipinski definition) is 1. The van der Waals surface area contributed by atoms with Crippen LogP contribution in [0.15, 0.2) is 42.6 Å². The van der Waals surface area contributed by atoms with Crippen LogP contribution in [0.1, 0.15) is 25.8 Å². The summed E-state index contributed by atoms with van der Waals surface area (Å²) in [7, 11) is 0. The molecule has 0 aliphatic heterocycles. The number of pyridine rings is 1. The van der Waals surface area contributed by atoms with Crippen molar-refractivity contribution < 1.29 is 18.7 Å².